The topological polar surface area (TPSA) is 114 Å². The summed E-state index contributed by atoms with van der Waals surface area (Å²) < 4.78 is 121. The summed E-state index contributed by atoms with van der Waals surface area (Å²) >= 11 is 0. The van der Waals surface area contributed by atoms with E-state index in [0.717, 1.165) is 10.8 Å². The van der Waals surface area contributed by atoms with E-state index in [-0.39, 0.29) is 31.0 Å². The largest absolute Gasteiger partial charge is 0.493 e. The van der Waals surface area contributed by atoms with Gasteiger partial charge in [-0.2, -0.15) is 26.3 Å². The summed E-state index contributed by atoms with van der Waals surface area (Å²) in [6.45, 7) is 6.40. The highest BCUT2D eigenvalue weighted by atomic mass is 32.2. The molecule has 1 heterocycles. The summed E-state index contributed by atoms with van der Waals surface area (Å²) in [5, 5.41) is 4.00. The fourth-order valence-corrected chi connectivity index (χ4v) is 8.04. The van der Waals surface area contributed by atoms with Crippen molar-refractivity contribution < 1.29 is 53.8 Å². The number of carbonyl (C=O) groups excluding carboxylic acids is 2. The summed E-state index contributed by atoms with van der Waals surface area (Å²) in [6, 6.07) is 12.1. The number of nitrogens with zero attached hydrogens (tertiary/aromatic N) is 1. The maximum absolute atomic E-state index is 14.0. The number of hydrogen-bond acceptors (Lipinski definition) is 6. The number of hydrogen-bond donors (Lipinski definition) is 2. The second-order valence-corrected chi connectivity index (χ2v) is 14.2. The van der Waals surface area contributed by atoms with Crippen molar-refractivity contribution in [3.05, 3.63) is 94.0 Å². The van der Waals surface area contributed by atoms with Crippen LogP contribution in [0.2, 0.25) is 0 Å². The Hall–Kier alpha value is -4.99. The molecule has 0 unspecified atom stereocenters. The molecule has 9 nitrogen and oxygen atoms in total. The molecule has 16 heteroatoms. The molecule has 4 aromatic rings. The summed E-state index contributed by atoms with van der Waals surface area (Å²) in [6.07, 6.45) is -10.0. The smallest absolute Gasteiger partial charge is 0.417 e. The zero-order valence-corrected chi connectivity index (χ0v) is 28.9. The third-order valence-corrected chi connectivity index (χ3v) is 10.5. The quantitative estimate of drug-likeness (QED) is 0.160. The van der Waals surface area contributed by atoms with Gasteiger partial charge >= 0.3 is 18.4 Å². The molecule has 0 atom stereocenters. The lowest BCUT2D eigenvalue weighted by atomic mass is 9.99. The Morgan fingerprint density at radius 3 is 1.98 bits per heavy atom. The van der Waals surface area contributed by atoms with E-state index in [1.165, 1.54) is 4.72 Å². The average molecular weight is 750 g/mol. The van der Waals surface area contributed by atoms with Gasteiger partial charge < -0.3 is 19.7 Å². The molecular formula is C36H33F6N3O6S. The third-order valence-electron chi connectivity index (χ3n) is 9.02. The lowest BCUT2D eigenvalue weighted by molar-refractivity contribution is -0.147. The Labute approximate surface area is 294 Å². The normalized spacial score (nSPS) is 15.4. The number of amides is 3. The van der Waals surface area contributed by atoms with Gasteiger partial charge in [0.15, 0.2) is 0 Å². The van der Waals surface area contributed by atoms with Crippen molar-refractivity contribution in [1.82, 2.24) is 10.0 Å². The van der Waals surface area contributed by atoms with Gasteiger partial charge in [-0.3, -0.25) is 4.79 Å². The van der Waals surface area contributed by atoms with Gasteiger partial charge in [-0.05, 0) is 69.4 Å². The Morgan fingerprint density at radius 1 is 0.865 bits per heavy atom. The molecule has 3 amide bonds. The molecule has 52 heavy (non-hydrogen) atoms. The highest BCUT2D eigenvalue weighted by molar-refractivity contribution is 7.90. The number of urea groups is 1. The van der Waals surface area contributed by atoms with E-state index in [1.54, 1.807) is 30.0 Å². The number of anilines is 1. The molecule has 0 saturated heterocycles. The van der Waals surface area contributed by atoms with Crippen molar-refractivity contribution in [3.63, 3.8) is 0 Å². The van der Waals surface area contributed by atoms with Crippen molar-refractivity contribution in [1.29, 1.82) is 0 Å². The molecule has 0 radical (unpaired) electrons. The molecular weight excluding hydrogens is 716 g/mol. The number of rotatable bonds is 10. The van der Waals surface area contributed by atoms with Crippen LogP contribution in [0.3, 0.4) is 0 Å². The van der Waals surface area contributed by atoms with E-state index in [1.807, 2.05) is 38.1 Å². The van der Waals surface area contributed by atoms with Crippen LogP contribution >= 0.6 is 0 Å². The molecule has 0 spiro atoms. The fourth-order valence-electron chi connectivity index (χ4n) is 6.70. The average Bonchev–Trinajstić information content (AvgIpc) is 3.72. The fraction of sp³-hybridized carbons (Fsp3) is 0.333. The minimum absolute atomic E-state index is 0.164. The first-order valence-electron chi connectivity index (χ1n) is 16.3. The van der Waals surface area contributed by atoms with Gasteiger partial charge in [-0.15, -0.1) is 0 Å². The highest BCUT2D eigenvalue weighted by Crippen LogP contribution is 2.47. The zero-order valence-electron chi connectivity index (χ0n) is 28.1. The Kier molecular flexibility index (Phi) is 9.34. The Morgan fingerprint density at radius 2 is 1.44 bits per heavy atom. The van der Waals surface area contributed by atoms with E-state index in [2.05, 4.69) is 5.32 Å². The molecule has 6 rings (SSSR count). The second-order valence-electron chi connectivity index (χ2n) is 12.6. The van der Waals surface area contributed by atoms with E-state index in [0.29, 0.717) is 71.6 Å². The Bertz CT molecular complexity index is 2170. The Balaban J connectivity index is 1.22. The summed E-state index contributed by atoms with van der Waals surface area (Å²) in [5.41, 5.74) is -2.04. The van der Waals surface area contributed by atoms with Gasteiger partial charge in [0.05, 0.1) is 36.4 Å². The second kappa shape index (κ2) is 13.2. The van der Waals surface area contributed by atoms with Crippen LogP contribution in [0.1, 0.15) is 64.9 Å². The minimum atomic E-state index is -5.64. The van der Waals surface area contributed by atoms with E-state index in [4.69, 9.17) is 9.47 Å². The molecule has 1 saturated carbocycles. The van der Waals surface area contributed by atoms with E-state index in [9.17, 15) is 44.3 Å². The first kappa shape index (κ1) is 36.8. The number of fused-ring (bicyclic) bond motifs is 2. The van der Waals surface area contributed by atoms with Gasteiger partial charge in [0.1, 0.15) is 16.4 Å². The van der Waals surface area contributed by atoms with Crippen LogP contribution < -0.4 is 24.4 Å². The van der Waals surface area contributed by atoms with Crippen LogP contribution in [0.5, 0.6) is 11.5 Å². The molecule has 0 aromatic heterocycles. The summed E-state index contributed by atoms with van der Waals surface area (Å²) in [5.74, 6) is 0.789. The van der Waals surface area contributed by atoms with Crippen molar-refractivity contribution >= 4 is 38.4 Å². The minimum Gasteiger partial charge on any atom is -0.493 e. The summed E-state index contributed by atoms with van der Waals surface area (Å²) in [7, 11) is -5.64. The monoisotopic (exact) mass is 749 g/mol. The third kappa shape index (κ3) is 6.83. The molecule has 1 aliphatic carbocycles. The lowest BCUT2D eigenvalue weighted by Gasteiger charge is -2.22. The highest BCUT2D eigenvalue weighted by Gasteiger charge is 2.48. The molecule has 1 aliphatic heterocycles. The number of ether oxygens (including phenoxy) is 2. The van der Waals surface area contributed by atoms with Crippen molar-refractivity contribution in [2.45, 2.75) is 69.4 Å². The first-order valence-corrected chi connectivity index (χ1v) is 17.8. The number of benzene rings is 4. The van der Waals surface area contributed by atoms with Crippen LogP contribution in [0.4, 0.5) is 36.8 Å². The predicted molar refractivity (Wildman–Crippen MR) is 179 cm³/mol. The van der Waals surface area contributed by atoms with Crippen LogP contribution in [0.25, 0.3) is 10.8 Å². The number of halogens is 6. The first-order chi connectivity index (χ1) is 24.4. The van der Waals surface area contributed by atoms with Gasteiger partial charge in [-0.25, -0.2) is 17.9 Å². The van der Waals surface area contributed by atoms with Gasteiger partial charge in [-0.1, -0.05) is 42.5 Å². The predicted octanol–water partition coefficient (Wildman–Crippen LogP) is 7.91. The van der Waals surface area contributed by atoms with Crippen LogP contribution in [-0.4, -0.2) is 39.1 Å². The molecule has 4 aromatic carbocycles. The van der Waals surface area contributed by atoms with Gasteiger partial charge in [0, 0.05) is 27.6 Å². The lowest BCUT2D eigenvalue weighted by Crippen LogP contribution is -2.47. The maximum Gasteiger partial charge on any atom is 0.417 e. The van der Waals surface area contributed by atoms with Gasteiger partial charge in [0.25, 0.3) is 15.9 Å². The van der Waals surface area contributed by atoms with Crippen LogP contribution in [0, 0.1) is 6.92 Å². The number of nitrogens with one attached hydrogen (secondary N) is 2. The zero-order chi connectivity index (χ0) is 37.8. The maximum atomic E-state index is 14.0. The summed E-state index contributed by atoms with van der Waals surface area (Å²) in [4.78, 5) is 26.4. The van der Waals surface area contributed by atoms with Gasteiger partial charge in [0.2, 0.25) is 0 Å². The van der Waals surface area contributed by atoms with Crippen LogP contribution in [-0.2, 0) is 35.3 Å². The van der Waals surface area contributed by atoms with Crippen molar-refractivity contribution in [2.75, 3.05) is 18.1 Å². The molecule has 1 fully saturated rings. The van der Waals surface area contributed by atoms with Crippen molar-refractivity contribution in [2.24, 2.45) is 0 Å². The van der Waals surface area contributed by atoms with E-state index >= 15 is 0 Å². The number of aryl methyl sites for hydroxylation is 1. The number of alkyl halides is 6. The number of sulfonamides is 1. The molecule has 2 N–H and O–H groups in total. The molecule has 2 aliphatic rings. The standard InChI is InChI=1S/C36H33F6N3O6S/c1-4-50-29-22-9-6-7-10-23(22)30(51-5-2)28-24(29)19-45(32(28)46)27-14-13-21(17-20(27)3)18-34(15-16-34)43-33(47)44-52(48,49)31-25(35(37,38)39)11-8-12-26(31)36(40,41)42/h6-14,17H,4-5,15-16,18-19H2,1-3H3,(H2,43,44,47). The van der Waals surface area contributed by atoms with Crippen LogP contribution in [0.15, 0.2) is 65.6 Å². The molecule has 276 valence electrons. The SMILES string of the molecule is CCOc1c2c(c(OCC)c3ccccc13)C(=O)N(c1ccc(CC3(NC(=O)NS(=O)(=O)c4c(C(F)(F)F)cccc4C(F)(F)F)CC3)cc1C)C2. The van der Waals surface area contributed by atoms with Crippen molar-refractivity contribution in [3.8, 4) is 11.5 Å². The molecule has 0 bridgehead atoms. The van der Waals surface area contributed by atoms with E-state index < -0.39 is 50.0 Å². The number of carbonyl (C=O) groups is 2.